The molecule has 0 unspecified atom stereocenters. The van der Waals surface area contributed by atoms with Crippen LogP contribution in [0.15, 0.2) is 42.5 Å². The van der Waals surface area contributed by atoms with E-state index in [0.29, 0.717) is 48.7 Å². The standard InChI is InChI=1S/C19H21N5O3/c1-2-26-11-6-12-27-18-16-14(21-19(20)24-18)9-10-15(22-16)23-17(25)13-7-4-3-5-8-13/h3-5,7-10H,2,6,11-12H2,1H3,(H2,20,21,24)(H,22,23,25). The van der Waals surface area contributed by atoms with Gasteiger partial charge in [0.15, 0.2) is 5.52 Å². The fourth-order valence-corrected chi connectivity index (χ4v) is 2.43. The quantitative estimate of drug-likeness (QED) is 0.589. The maximum atomic E-state index is 12.3. The molecule has 140 valence electrons. The minimum absolute atomic E-state index is 0.102. The molecule has 0 aliphatic carbocycles. The summed E-state index contributed by atoms with van der Waals surface area (Å²) in [5.74, 6) is 0.511. The minimum Gasteiger partial charge on any atom is -0.476 e. The van der Waals surface area contributed by atoms with Crippen molar-refractivity contribution in [2.24, 2.45) is 0 Å². The van der Waals surface area contributed by atoms with Crippen molar-refractivity contribution < 1.29 is 14.3 Å². The lowest BCUT2D eigenvalue weighted by Crippen LogP contribution is -2.13. The van der Waals surface area contributed by atoms with Crippen LogP contribution < -0.4 is 15.8 Å². The van der Waals surface area contributed by atoms with Crippen molar-refractivity contribution in [2.45, 2.75) is 13.3 Å². The third kappa shape index (κ3) is 4.89. The van der Waals surface area contributed by atoms with Gasteiger partial charge in [0.25, 0.3) is 5.91 Å². The van der Waals surface area contributed by atoms with Gasteiger partial charge in [0, 0.05) is 25.2 Å². The number of nitrogens with one attached hydrogen (secondary N) is 1. The van der Waals surface area contributed by atoms with E-state index >= 15 is 0 Å². The highest BCUT2D eigenvalue weighted by molar-refractivity contribution is 6.04. The highest BCUT2D eigenvalue weighted by atomic mass is 16.5. The third-order valence-electron chi connectivity index (χ3n) is 3.68. The molecule has 27 heavy (non-hydrogen) atoms. The number of nitrogens with zero attached hydrogens (tertiary/aromatic N) is 3. The Balaban J connectivity index is 1.79. The molecule has 0 aliphatic heterocycles. The van der Waals surface area contributed by atoms with E-state index in [2.05, 4.69) is 20.3 Å². The van der Waals surface area contributed by atoms with E-state index in [1.54, 1.807) is 36.4 Å². The molecular weight excluding hydrogens is 346 g/mol. The van der Waals surface area contributed by atoms with Crippen LogP contribution in [0.2, 0.25) is 0 Å². The largest absolute Gasteiger partial charge is 0.476 e. The molecule has 2 heterocycles. The number of aromatic nitrogens is 3. The number of fused-ring (bicyclic) bond motifs is 1. The zero-order valence-corrected chi connectivity index (χ0v) is 15.0. The molecule has 0 fully saturated rings. The molecule has 1 aromatic carbocycles. The zero-order valence-electron chi connectivity index (χ0n) is 15.0. The second-order valence-corrected chi connectivity index (χ2v) is 5.67. The average Bonchev–Trinajstić information content (AvgIpc) is 2.68. The number of hydrogen-bond acceptors (Lipinski definition) is 7. The number of carbonyl (C=O) groups is 1. The predicted molar refractivity (Wildman–Crippen MR) is 103 cm³/mol. The van der Waals surface area contributed by atoms with Gasteiger partial charge in [-0.25, -0.2) is 9.97 Å². The minimum atomic E-state index is -0.252. The van der Waals surface area contributed by atoms with Gasteiger partial charge >= 0.3 is 0 Å². The van der Waals surface area contributed by atoms with Crippen LogP contribution >= 0.6 is 0 Å². The van der Waals surface area contributed by atoms with E-state index in [0.717, 1.165) is 0 Å². The summed E-state index contributed by atoms with van der Waals surface area (Å²) in [5, 5.41) is 2.76. The van der Waals surface area contributed by atoms with Crippen molar-refractivity contribution >= 4 is 28.7 Å². The molecule has 0 radical (unpaired) electrons. The average molecular weight is 367 g/mol. The second kappa shape index (κ2) is 8.91. The Kier molecular flexibility index (Phi) is 6.11. The topological polar surface area (TPSA) is 112 Å². The fraction of sp³-hybridized carbons (Fsp3) is 0.263. The number of hydrogen-bond donors (Lipinski definition) is 2. The van der Waals surface area contributed by atoms with Crippen LogP contribution in [0.4, 0.5) is 11.8 Å². The summed E-state index contributed by atoms with van der Waals surface area (Å²) in [6.45, 7) is 3.61. The molecule has 3 rings (SSSR count). The summed E-state index contributed by atoms with van der Waals surface area (Å²) in [4.78, 5) is 25.0. The van der Waals surface area contributed by atoms with Crippen LogP contribution in [0, 0.1) is 0 Å². The maximum absolute atomic E-state index is 12.3. The molecule has 1 amide bonds. The first-order valence-corrected chi connectivity index (χ1v) is 8.68. The molecule has 2 aromatic heterocycles. The van der Waals surface area contributed by atoms with Gasteiger partial charge in [-0.15, -0.1) is 0 Å². The molecule has 0 aliphatic rings. The number of pyridine rings is 1. The molecule has 0 atom stereocenters. The summed E-state index contributed by atoms with van der Waals surface area (Å²) in [6, 6.07) is 12.3. The van der Waals surface area contributed by atoms with Crippen molar-refractivity contribution in [1.82, 2.24) is 15.0 Å². The van der Waals surface area contributed by atoms with Crippen LogP contribution in [-0.4, -0.2) is 40.7 Å². The Bertz CT molecular complexity index is 918. The molecule has 0 saturated carbocycles. The first kappa shape index (κ1) is 18.5. The summed E-state index contributed by atoms with van der Waals surface area (Å²) in [5.41, 5.74) is 7.27. The molecule has 0 saturated heterocycles. The van der Waals surface area contributed by atoms with Crippen LogP contribution in [0.1, 0.15) is 23.7 Å². The summed E-state index contributed by atoms with van der Waals surface area (Å²) < 4.78 is 11.0. The van der Waals surface area contributed by atoms with Crippen molar-refractivity contribution in [3.05, 3.63) is 48.0 Å². The van der Waals surface area contributed by atoms with E-state index in [-0.39, 0.29) is 17.7 Å². The van der Waals surface area contributed by atoms with Crippen LogP contribution in [-0.2, 0) is 4.74 Å². The molecule has 3 aromatic rings. The van der Waals surface area contributed by atoms with Crippen LogP contribution in [0.5, 0.6) is 5.88 Å². The van der Waals surface area contributed by atoms with E-state index in [1.807, 2.05) is 13.0 Å². The molecule has 0 spiro atoms. The normalized spacial score (nSPS) is 10.7. The van der Waals surface area contributed by atoms with E-state index in [4.69, 9.17) is 15.2 Å². The number of benzene rings is 1. The first-order valence-electron chi connectivity index (χ1n) is 8.68. The number of ether oxygens (including phenoxy) is 2. The number of carbonyl (C=O) groups excluding carboxylic acids is 1. The number of amides is 1. The smallest absolute Gasteiger partial charge is 0.256 e. The number of anilines is 2. The van der Waals surface area contributed by atoms with Crippen molar-refractivity contribution in [2.75, 3.05) is 30.9 Å². The fourth-order valence-electron chi connectivity index (χ4n) is 2.43. The summed E-state index contributed by atoms with van der Waals surface area (Å²) in [7, 11) is 0. The SMILES string of the molecule is CCOCCCOc1nc(N)nc2ccc(NC(=O)c3ccccc3)nc12. The third-order valence-corrected chi connectivity index (χ3v) is 3.68. The van der Waals surface area contributed by atoms with Gasteiger partial charge in [0.2, 0.25) is 11.8 Å². The molecule has 3 N–H and O–H groups in total. The summed E-state index contributed by atoms with van der Waals surface area (Å²) >= 11 is 0. The predicted octanol–water partition coefficient (Wildman–Crippen LogP) is 2.66. The molecule has 8 heteroatoms. The zero-order chi connectivity index (χ0) is 19.1. The van der Waals surface area contributed by atoms with Gasteiger partial charge < -0.3 is 20.5 Å². The van der Waals surface area contributed by atoms with E-state index in [1.165, 1.54) is 0 Å². The Morgan fingerprint density at radius 2 is 1.89 bits per heavy atom. The Labute approximate surface area is 156 Å². The Morgan fingerprint density at radius 1 is 1.07 bits per heavy atom. The van der Waals surface area contributed by atoms with Gasteiger partial charge in [-0.2, -0.15) is 4.98 Å². The number of nitrogens with two attached hydrogens (primary N) is 1. The first-order chi connectivity index (χ1) is 13.2. The monoisotopic (exact) mass is 367 g/mol. The van der Waals surface area contributed by atoms with Gasteiger partial charge in [0.1, 0.15) is 5.82 Å². The molecule has 0 bridgehead atoms. The lowest BCUT2D eigenvalue weighted by atomic mass is 10.2. The van der Waals surface area contributed by atoms with Crippen molar-refractivity contribution in [3.63, 3.8) is 0 Å². The van der Waals surface area contributed by atoms with Crippen LogP contribution in [0.3, 0.4) is 0 Å². The van der Waals surface area contributed by atoms with Gasteiger partial charge in [-0.1, -0.05) is 18.2 Å². The maximum Gasteiger partial charge on any atom is 0.256 e. The van der Waals surface area contributed by atoms with Crippen LogP contribution in [0.25, 0.3) is 11.0 Å². The summed E-state index contributed by atoms with van der Waals surface area (Å²) in [6.07, 6.45) is 0.712. The van der Waals surface area contributed by atoms with Crippen molar-refractivity contribution in [3.8, 4) is 5.88 Å². The van der Waals surface area contributed by atoms with Gasteiger partial charge in [-0.05, 0) is 31.2 Å². The highest BCUT2D eigenvalue weighted by Crippen LogP contribution is 2.23. The number of rotatable bonds is 8. The lowest BCUT2D eigenvalue weighted by Gasteiger charge is -2.10. The Morgan fingerprint density at radius 3 is 2.67 bits per heavy atom. The van der Waals surface area contributed by atoms with E-state index < -0.39 is 0 Å². The Hall–Kier alpha value is -3.26. The second-order valence-electron chi connectivity index (χ2n) is 5.67. The van der Waals surface area contributed by atoms with Crippen molar-refractivity contribution in [1.29, 1.82) is 0 Å². The lowest BCUT2D eigenvalue weighted by molar-refractivity contribution is 0.102. The van der Waals surface area contributed by atoms with Gasteiger partial charge in [0.05, 0.1) is 12.1 Å². The molecule has 8 nitrogen and oxygen atoms in total. The highest BCUT2D eigenvalue weighted by Gasteiger charge is 2.12. The van der Waals surface area contributed by atoms with Gasteiger partial charge in [-0.3, -0.25) is 4.79 Å². The molecular formula is C19H21N5O3. The van der Waals surface area contributed by atoms with E-state index in [9.17, 15) is 4.79 Å². The number of nitrogen functional groups attached to an aromatic ring is 1.